The van der Waals surface area contributed by atoms with Gasteiger partial charge in [-0.15, -0.1) is 0 Å². The van der Waals surface area contributed by atoms with E-state index in [0.717, 1.165) is 28.0 Å². The van der Waals surface area contributed by atoms with Gasteiger partial charge in [0.25, 0.3) is 0 Å². The van der Waals surface area contributed by atoms with E-state index in [2.05, 4.69) is 41.3 Å². The van der Waals surface area contributed by atoms with Crippen molar-refractivity contribution in [1.29, 1.82) is 0 Å². The largest absolute Gasteiger partial charge is 0.412 e. The quantitative estimate of drug-likeness (QED) is 0.759. The molecule has 6 nitrogen and oxygen atoms in total. The molecule has 0 saturated heterocycles. The first-order valence-electron chi connectivity index (χ1n) is 7.36. The van der Waals surface area contributed by atoms with E-state index in [9.17, 15) is 0 Å². The molecule has 24 heavy (non-hydrogen) atoms. The van der Waals surface area contributed by atoms with E-state index in [0.29, 0.717) is 6.42 Å². The molecule has 128 valence electrons. The molecule has 0 aliphatic heterocycles. The molecule has 6 heteroatoms. The summed E-state index contributed by atoms with van der Waals surface area (Å²) in [6, 6.07) is 12.2. The van der Waals surface area contributed by atoms with Gasteiger partial charge in [0.05, 0.1) is 5.52 Å². The van der Waals surface area contributed by atoms with E-state index in [4.69, 9.17) is 5.11 Å². The third-order valence-electron chi connectivity index (χ3n) is 3.87. The Kier molecular flexibility index (Phi) is 6.79. The maximum atomic E-state index is 8.96. The number of benzene rings is 2. The third kappa shape index (κ3) is 4.05. The highest BCUT2D eigenvalue weighted by molar-refractivity contribution is 5.91. The first-order valence-corrected chi connectivity index (χ1v) is 7.36. The minimum atomic E-state index is 0. The Morgan fingerprint density at radius 1 is 0.958 bits per heavy atom. The van der Waals surface area contributed by atoms with Crippen LogP contribution in [0.3, 0.4) is 0 Å². The highest BCUT2D eigenvalue weighted by atomic mass is 16.2. The smallest absolute Gasteiger partial charge is 0.141 e. The van der Waals surface area contributed by atoms with Gasteiger partial charge in [-0.25, -0.2) is 9.97 Å². The normalized spacial score (nSPS) is 9.96. The van der Waals surface area contributed by atoms with E-state index in [1.54, 1.807) is 6.33 Å². The fraction of sp³-hybridized carbons (Fsp3) is 0.222. The van der Waals surface area contributed by atoms with E-state index >= 15 is 0 Å². The van der Waals surface area contributed by atoms with Gasteiger partial charge in [0.1, 0.15) is 12.1 Å². The van der Waals surface area contributed by atoms with Crippen LogP contribution in [0.5, 0.6) is 0 Å². The van der Waals surface area contributed by atoms with Crippen molar-refractivity contribution in [2.75, 3.05) is 11.9 Å². The highest BCUT2D eigenvalue weighted by Gasteiger charge is 2.06. The van der Waals surface area contributed by atoms with Gasteiger partial charge in [-0.05, 0) is 61.2 Å². The molecule has 0 saturated carbocycles. The van der Waals surface area contributed by atoms with Crippen LogP contribution in [0, 0.1) is 13.8 Å². The maximum Gasteiger partial charge on any atom is 0.141 e. The molecule has 0 aliphatic rings. The number of nitrogens with one attached hydrogen (secondary N) is 1. The molecule has 1 heterocycles. The summed E-state index contributed by atoms with van der Waals surface area (Å²) in [5.41, 5.74) is 5.48. The summed E-state index contributed by atoms with van der Waals surface area (Å²) < 4.78 is 0. The van der Waals surface area contributed by atoms with Crippen LogP contribution in [0.25, 0.3) is 10.9 Å². The Bertz CT molecular complexity index is 804. The molecule has 0 unspecified atom stereocenters. The van der Waals surface area contributed by atoms with Crippen LogP contribution >= 0.6 is 0 Å². The number of hydrogen-bond acceptors (Lipinski definition) is 4. The van der Waals surface area contributed by atoms with Crippen LogP contribution in [0.1, 0.15) is 16.7 Å². The molecule has 0 aliphatic carbocycles. The number of aliphatic hydroxyl groups excluding tert-OH is 1. The van der Waals surface area contributed by atoms with Gasteiger partial charge in [-0.1, -0.05) is 12.1 Å². The van der Waals surface area contributed by atoms with E-state index < -0.39 is 0 Å². The topological polar surface area (TPSA) is 121 Å². The zero-order valence-electron chi connectivity index (χ0n) is 13.8. The predicted molar refractivity (Wildman–Crippen MR) is 96.8 cm³/mol. The molecule has 0 atom stereocenters. The van der Waals surface area contributed by atoms with Crippen LogP contribution in [0.2, 0.25) is 0 Å². The molecule has 1 aromatic heterocycles. The van der Waals surface area contributed by atoms with Crippen molar-refractivity contribution in [3.05, 3.63) is 59.4 Å². The van der Waals surface area contributed by atoms with Gasteiger partial charge in [-0.3, -0.25) is 0 Å². The number of hydrogen-bond donors (Lipinski definition) is 2. The summed E-state index contributed by atoms with van der Waals surface area (Å²) in [5.74, 6) is 0.808. The highest BCUT2D eigenvalue weighted by Crippen LogP contribution is 2.25. The SMILES string of the molecule is Cc1cc2ncnc(Nc3ccc(CCO)cc3)c2cc1C.O.O. The average Bonchev–Trinajstić information content (AvgIpc) is 2.51. The molecular formula is C18H23N3O3. The van der Waals surface area contributed by atoms with Gasteiger partial charge in [0, 0.05) is 17.7 Å². The summed E-state index contributed by atoms with van der Waals surface area (Å²) >= 11 is 0. The van der Waals surface area contributed by atoms with Gasteiger partial charge in [0.15, 0.2) is 0 Å². The van der Waals surface area contributed by atoms with Crippen molar-refractivity contribution < 1.29 is 16.1 Å². The Morgan fingerprint density at radius 3 is 2.29 bits per heavy atom. The Hall–Kier alpha value is -2.54. The van der Waals surface area contributed by atoms with Crippen molar-refractivity contribution in [2.45, 2.75) is 20.3 Å². The average molecular weight is 329 g/mol. The predicted octanol–water partition coefficient (Wildman–Crippen LogP) is 1.88. The molecule has 0 fully saturated rings. The molecule has 0 spiro atoms. The van der Waals surface area contributed by atoms with Crippen molar-refractivity contribution in [3.8, 4) is 0 Å². The van der Waals surface area contributed by atoms with Crippen LogP contribution < -0.4 is 5.32 Å². The zero-order valence-corrected chi connectivity index (χ0v) is 13.8. The lowest BCUT2D eigenvalue weighted by Crippen LogP contribution is -1.97. The molecule has 3 aromatic rings. The van der Waals surface area contributed by atoms with Crippen LogP contribution in [0.4, 0.5) is 11.5 Å². The van der Waals surface area contributed by atoms with Crippen molar-refractivity contribution in [1.82, 2.24) is 9.97 Å². The number of rotatable bonds is 4. The first-order chi connectivity index (χ1) is 10.7. The summed E-state index contributed by atoms with van der Waals surface area (Å²) in [7, 11) is 0. The minimum Gasteiger partial charge on any atom is -0.412 e. The third-order valence-corrected chi connectivity index (χ3v) is 3.87. The monoisotopic (exact) mass is 329 g/mol. The first kappa shape index (κ1) is 19.5. The van der Waals surface area contributed by atoms with Crippen LogP contribution in [0.15, 0.2) is 42.7 Å². The van der Waals surface area contributed by atoms with Gasteiger partial charge < -0.3 is 21.4 Å². The standard InChI is InChI=1S/C18H19N3O.2H2O/c1-12-9-16-17(10-13(12)2)19-11-20-18(16)21-15-5-3-14(4-6-15)7-8-22;;/h3-6,9-11,22H,7-8H2,1-2H3,(H,19,20,21);2*1H2. The Labute approximate surface area is 140 Å². The number of nitrogens with zero attached hydrogens (tertiary/aromatic N) is 2. The van der Waals surface area contributed by atoms with Crippen molar-refractivity contribution in [3.63, 3.8) is 0 Å². The molecular weight excluding hydrogens is 306 g/mol. The fourth-order valence-electron chi connectivity index (χ4n) is 2.44. The molecule has 3 rings (SSSR count). The van der Waals surface area contributed by atoms with Crippen molar-refractivity contribution >= 4 is 22.4 Å². The summed E-state index contributed by atoms with van der Waals surface area (Å²) in [6.07, 6.45) is 2.26. The number of aromatic nitrogens is 2. The van der Waals surface area contributed by atoms with Crippen LogP contribution in [-0.4, -0.2) is 32.6 Å². The van der Waals surface area contributed by atoms with E-state index in [1.165, 1.54) is 11.1 Å². The molecule has 0 amide bonds. The molecule has 2 aromatic carbocycles. The number of aryl methyl sites for hydroxylation is 2. The van der Waals surface area contributed by atoms with Gasteiger partial charge >= 0.3 is 0 Å². The van der Waals surface area contributed by atoms with E-state index in [1.807, 2.05) is 24.3 Å². The summed E-state index contributed by atoms with van der Waals surface area (Å²) in [4.78, 5) is 8.71. The summed E-state index contributed by atoms with van der Waals surface area (Å²) in [6.45, 7) is 4.35. The second-order valence-electron chi connectivity index (χ2n) is 5.47. The summed E-state index contributed by atoms with van der Waals surface area (Å²) in [5, 5.41) is 13.3. The second-order valence-corrected chi connectivity index (χ2v) is 5.47. The molecule has 0 bridgehead atoms. The lowest BCUT2D eigenvalue weighted by Gasteiger charge is -2.10. The second kappa shape index (κ2) is 8.35. The zero-order chi connectivity index (χ0) is 15.5. The van der Waals surface area contributed by atoms with Crippen molar-refractivity contribution in [2.24, 2.45) is 0 Å². The molecule has 0 radical (unpaired) electrons. The lowest BCUT2D eigenvalue weighted by atomic mass is 10.1. The Balaban J connectivity index is 0.00000144. The fourth-order valence-corrected chi connectivity index (χ4v) is 2.44. The van der Waals surface area contributed by atoms with E-state index in [-0.39, 0.29) is 17.6 Å². The minimum absolute atomic E-state index is 0. The lowest BCUT2D eigenvalue weighted by molar-refractivity contribution is 0.299. The number of aliphatic hydroxyl groups is 1. The molecule has 6 N–H and O–H groups in total. The van der Waals surface area contributed by atoms with Gasteiger partial charge in [-0.2, -0.15) is 0 Å². The number of fused-ring (bicyclic) bond motifs is 1. The van der Waals surface area contributed by atoms with Gasteiger partial charge in [0.2, 0.25) is 0 Å². The van der Waals surface area contributed by atoms with Crippen LogP contribution in [-0.2, 0) is 6.42 Å². The maximum absolute atomic E-state index is 8.96. The number of anilines is 2. The Morgan fingerprint density at radius 2 is 1.62 bits per heavy atom.